The molecule has 5 nitrogen and oxygen atoms in total. The maximum atomic E-state index is 12.1. The highest BCUT2D eigenvalue weighted by atomic mass is 35.5. The van der Waals surface area contributed by atoms with Gasteiger partial charge >= 0.3 is 0 Å². The van der Waals surface area contributed by atoms with Crippen LogP contribution in [0.4, 0.5) is 5.69 Å². The second-order valence-corrected chi connectivity index (χ2v) is 4.97. The fraction of sp³-hybridized carbons (Fsp3) is 0.286. The van der Waals surface area contributed by atoms with Gasteiger partial charge in [-0.05, 0) is 30.7 Å². The van der Waals surface area contributed by atoms with E-state index in [9.17, 15) is 9.59 Å². The van der Waals surface area contributed by atoms with Gasteiger partial charge in [0.1, 0.15) is 0 Å². The van der Waals surface area contributed by atoms with Gasteiger partial charge in [0.05, 0.1) is 10.7 Å². The van der Waals surface area contributed by atoms with Gasteiger partial charge in [0.15, 0.2) is 0 Å². The summed E-state index contributed by atoms with van der Waals surface area (Å²) < 4.78 is 0. The predicted octanol–water partition coefficient (Wildman–Crippen LogP) is 1.56. The number of carbonyl (C=O) groups is 2. The van der Waals surface area contributed by atoms with Crippen LogP contribution < -0.4 is 16.0 Å². The van der Waals surface area contributed by atoms with Crippen molar-refractivity contribution in [1.29, 1.82) is 0 Å². The second kappa shape index (κ2) is 6.07. The summed E-state index contributed by atoms with van der Waals surface area (Å²) in [7, 11) is 1.55. The van der Waals surface area contributed by atoms with Crippen molar-refractivity contribution >= 4 is 29.1 Å². The number of nitrogens with one attached hydrogen (secondary N) is 3. The zero-order valence-electron chi connectivity index (χ0n) is 11.3. The first kappa shape index (κ1) is 14.6. The number of anilines is 1. The van der Waals surface area contributed by atoms with Crippen molar-refractivity contribution in [3.05, 3.63) is 39.9 Å². The Hall–Kier alpha value is -1.85. The molecular formula is C14H16ClN3O2. The first-order valence-electron chi connectivity index (χ1n) is 6.25. The van der Waals surface area contributed by atoms with E-state index < -0.39 is 0 Å². The van der Waals surface area contributed by atoms with Crippen LogP contribution in [-0.2, 0) is 4.79 Å². The third kappa shape index (κ3) is 3.00. The molecule has 0 unspecified atom stereocenters. The molecular weight excluding hydrogens is 278 g/mol. The van der Waals surface area contributed by atoms with Crippen LogP contribution in [-0.4, -0.2) is 32.0 Å². The van der Waals surface area contributed by atoms with Crippen molar-refractivity contribution in [2.75, 3.05) is 25.5 Å². The number of hydrogen-bond donors (Lipinski definition) is 3. The predicted molar refractivity (Wildman–Crippen MR) is 79.0 cm³/mol. The Bertz CT molecular complexity index is 590. The first-order valence-corrected chi connectivity index (χ1v) is 6.63. The van der Waals surface area contributed by atoms with Crippen LogP contribution in [0.2, 0.25) is 5.02 Å². The molecule has 0 aliphatic carbocycles. The molecule has 1 aromatic rings. The summed E-state index contributed by atoms with van der Waals surface area (Å²) in [6.07, 6.45) is 0. The van der Waals surface area contributed by atoms with Crippen LogP contribution in [0.3, 0.4) is 0 Å². The molecule has 2 rings (SSSR count). The number of carbonyl (C=O) groups excluding carboxylic acids is 2. The van der Waals surface area contributed by atoms with E-state index in [2.05, 4.69) is 16.0 Å². The zero-order chi connectivity index (χ0) is 14.7. The molecule has 106 valence electrons. The standard InChI is InChI=1S/C14H16ClN3O2/c1-8(10-6-17-7-10)13(19)18-12-5-9(14(20)16-2)3-4-11(12)15/h3-5,17H,6-7H2,1-2H3,(H,16,20)(H,18,19). The van der Waals surface area contributed by atoms with Gasteiger partial charge in [-0.2, -0.15) is 0 Å². The Balaban J connectivity index is 2.20. The van der Waals surface area contributed by atoms with Gasteiger partial charge in [-0.25, -0.2) is 0 Å². The Labute approximate surface area is 122 Å². The van der Waals surface area contributed by atoms with E-state index in [-0.39, 0.29) is 11.8 Å². The Morgan fingerprint density at radius 1 is 1.30 bits per heavy atom. The van der Waals surface area contributed by atoms with E-state index in [1.807, 2.05) is 0 Å². The molecule has 1 fully saturated rings. The number of hydrogen-bond acceptors (Lipinski definition) is 3. The molecule has 0 atom stereocenters. The third-order valence-corrected chi connectivity index (χ3v) is 3.58. The highest BCUT2D eigenvalue weighted by Gasteiger charge is 2.17. The van der Waals surface area contributed by atoms with Crippen LogP contribution in [0, 0.1) is 0 Å². The van der Waals surface area contributed by atoms with Gasteiger partial charge in [0.2, 0.25) is 0 Å². The van der Waals surface area contributed by atoms with Crippen molar-refractivity contribution in [1.82, 2.24) is 10.6 Å². The maximum Gasteiger partial charge on any atom is 0.251 e. The number of rotatable bonds is 3. The van der Waals surface area contributed by atoms with Crippen LogP contribution in [0.5, 0.6) is 0 Å². The minimum Gasteiger partial charge on any atom is -0.355 e. The van der Waals surface area contributed by atoms with Crippen molar-refractivity contribution in [2.45, 2.75) is 6.92 Å². The number of benzene rings is 1. The van der Waals surface area contributed by atoms with E-state index in [0.717, 1.165) is 18.7 Å². The molecule has 0 aromatic heterocycles. The molecule has 0 radical (unpaired) electrons. The molecule has 6 heteroatoms. The summed E-state index contributed by atoms with van der Waals surface area (Å²) >= 11 is 6.05. The molecule has 0 spiro atoms. The SMILES string of the molecule is CNC(=O)c1ccc(Cl)c(NC(=O)C(C)=C2CNC2)c1. The number of halogens is 1. The minimum absolute atomic E-state index is 0.197. The molecule has 1 aromatic carbocycles. The average molecular weight is 294 g/mol. The van der Waals surface area contributed by atoms with Crippen LogP contribution >= 0.6 is 11.6 Å². The van der Waals surface area contributed by atoms with E-state index in [0.29, 0.717) is 21.8 Å². The molecule has 0 saturated carbocycles. The molecule has 2 amide bonds. The molecule has 3 N–H and O–H groups in total. The average Bonchev–Trinajstić information content (AvgIpc) is 2.38. The highest BCUT2D eigenvalue weighted by molar-refractivity contribution is 6.34. The third-order valence-electron chi connectivity index (χ3n) is 3.25. The fourth-order valence-electron chi connectivity index (χ4n) is 1.80. The normalized spacial score (nSPS) is 13.4. The van der Waals surface area contributed by atoms with Gasteiger partial charge in [0.25, 0.3) is 11.8 Å². The summed E-state index contributed by atoms with van der Waals surface area (Å²) in [6.45, 7) is 3.26. The van der Waals surface area contributed by atoms with Gasteiger partial charge in [0, 0.05) is 31.3 Å². The smallest absolute Gasteiger partial charge is 0.251 e. The lowest BCUT2D eigenvalue weighted by Crippen LogP contribution is -2.36. The topological polar surface area (TPSA) is 70.2 Å². The van der Waals surface area contributed by atoms with Crippen LogP contribution in [0.25, 0.3) is 0 Å². The minimum atomic E-state index is -0.226. The summed E-state index contributed by atoms with van der Waals surface area (Å²) in [5.41, 5.74) is 2.65. The van der Waals surface area contributed by atoms with Crippen molar-refractivity contribution in [3.8, 4) is 0 Å². The molecule has 20 heavy (non-hydrogen) atoms. The Kier molecular flexibility index (Phi) is 4.42. The Morgan fingerprint density at radius 2 is 2.00 bits per heavy atom. The zero-order valence-corrected chi connectivity index (χ0v) is 12.1. The van der Waals surface area contributed by atoms with E-state index in [4.69, 9.17) is 11.6 Å². The van der Waals surface area contributed by atoms with E-state index >= 15 is 0 Å². The largest absolute Gasteiger partial charge is 0.355 e. The number of amides is 2. The molecule has 1 saturated heterocycles. The fourth-order valence-corrected chi connectivity index (χ4v) is 1.96. The summed E-state index contributed by atoms with van der Waals surface area (Å²) in [4.78, 5) is 23.7. The van der Waals surface area contributed by atoms with Crippen molar-refractivity contribution in [3.63, 3.8) is 0 Å². The quantitative estimate of drug-likeness (QED) is 0.741. The molecule has 0 bridgehead atoms. The Morgan fingerprint density at radius 3 is 2.55 bits per heavy atom. The second-order valence-electron chi connectivity index (χ2n) is 4.56. The van der Waals surface area contributed by atoms with Crippen LogP contribution in [0.15, 0.2) is 29.3 Å². The van der Waals surface area contributed by atoms with Gasteiger partial charge < -0.3 is 16.0 Å². The summed E-state index contributed by atoms with van der Waals surface area (Å²) in [6, 6.07) is 4.77. The molecule has 1 aliphatic heterocycles. The summed E-state index contributed by atoms with van der Waals surface area (Å²) in [5, 5.41) is 8.76. The lowest BCUT2D eigenvalue weighted by Gasteiger charge is -2.21. The lowest BCUT2D eigenvalue weighted by molar-refractivity contribution is -0.112. The van der Waals surface area contributed by atoms with Crippen molar-refractivity contribution < 1.29 is 9.59 Å². The molecule has 1 heterocycles. The maximum absolute atomic E-state index is 12.1. The van der Waals surface area contributed by atoms with Gasteiger partial charge in [-0.3, -0.25) is 9.59 Å². The summed E-state index contributed by atoms with van der Waals surface area (Å²) in [5.74, 6) is -0.423. The molecule has 1 aliphatic rings. The highest BCUT2D eigenvalue weighted by Crippen LogP contribution is 2.24. The van der Waals surface area contributed by atoms with Crippen LogP contribution in [0.1, 0.15) is 17.3 Å². The van der Waals surface area contributed by atoms with Crippen molar-refractivity contribution in [2.24, 2.45) is 0 Å². The van der Waals surface area contributed by atoms with Gasteiger partial charge in [-0.15, -0.1) is 0 Å². The van der Waals surface area contributed by atoms with E-state index in [1.165, 1.54) is 0 Å². The van der Waals surface area contributed by atoms with E-state index in [1.54, 1.807) is 32.2 Å². The first-order chi connectivity index (χ1) is 9.52. The monoisotopic (exact) mass is 293 g/mol. The van der Waals surface area contributed by atoms with Gasteiger partial charge in [-0.1, -0.05) is 11.6 Å². The lowest BCUT2D eigenvalue weighted by atomic mass is 10.0.